The molecular formula is C18H17N3S. The largest absolute Gasteiger partial charge is 0.358 e. The van der Waals surface area contributed by atoms with Crippen molar-refractivity contribution in [3.63, 3.8) is 0 Å². The van der Waals surface area contributed by atoms with E-state index in [1.54, 1.807) is 18.1 Å². The lowest BCUT2D eigenvalue weighted by atomic mass is 10.1. The first-order valence-electron chi connectivity index (χ1n) is 7.25. The molecule has 0 fully saturated rings. The third-order valence-electron chi connectivity index (χ3n) is 3.77. The van der Waals surface area contributed by atoms with Gasteiger partial charge in [0.25, 0.3) is 0 Å². The van der Waals surface area contributed by atoms with Crippen molar-refractivity contribution in [3.05, 3.63) is 59.3 Å². The van der Waals surface area contributed by atoms with Gasteiger partial charge >= 0.3 is 0 Å². The first kappa shape index (κ1) is 14.6. The second kappa shape index (κ2) is 6.17. The van der Waals surface area contributed by atoms with Crippen LogP contribution in [0.15, 0.2) is 47.5 Å². The Morgan fingerprint density at radius 1 is 1.18 bits per heavy atom. The average Bonchev–Trinajstić information content (AvgIpc) is 3.00. The fraction of sp³-hybridized carbons (Fsp3) is 0.167. The Kier molecular flexibility index (Phi) is 4.08. The van der Waals surface area contributed by atoms with Gasteiger partial charge in [-0.15, -0.1) is 0 Å². The zero-order valence-electron chi connectivity index (χ0n) is 12.6. The summed E-state index contributed by atoms with van der Waals surface area (Å²) in [5, 5.41) is 10.2. The molecule has 1 aromatic heterocycles. The minimum absolute atomic E-state index is 0.688. The van der Waals surface area contributed by atoms with Crippen molar-refractivity contribution in [1.82, 2.24) is 4.98 Å². The summed E-state index contributed by atoms with van der Waals surface area (Å²) < 4.78 is 3.38. The molecule has 0 saturated heterocycles. The van der Waals surface area contributed by atoms with Crippen LogP contribution in [0.3, 0.4) is 0 Å². The number of aromatic nitrogens is 1. The Morgan fingerprint density at radius 2 is 1.95 bits per heavy atom. The molecule has 2 aromatic carbocycles. The molecule has 110 valence electrons. The van der Waals surface area contributed by atoms with Crippen molar-refractivity contribution in [1.29, 1.82) is 5.26 Å². The molecule has 0 spiro atoms. The van der Waals surface area contributed by atoms with Gasteiger partial charge in [-0.2, -0.15) is 5.26 Å². The van der Waals surface area contributed by atoms with Gasteiger partial charge in [0.05, 0.1) is 16.8 Å². The number of fused-ring (bicyclic) bond motifs is 1. The van der Waals surface area contributed by atoms with E-state index >= 15 is 0 Å². The number of nitrogens with zero attached hydrogens (tertiary/aromatic N) is 1. The number of aryl methyl sites for hydroxylation is 2. The van der Waals surface area contributed by atoms with E-state index in [0.717, 1.165) is 33.5 Å². The minimum Gasteiger partial charge on any atom is -0.358 e. The lowest BCUT2D eigenvalue weighted by molar-refractivity contribution is 1.13. The molecule has 4 heteroatoms. The molecular weight excluding hydrogens is 290 g/mol. The Bertz CT molecular complexity index is 841. The maximum atomic E-state index is 9.20. The number of H-pyrrole nitrogens is 1. The average molecular weight is 307 g/mol. The van der Waals surface area contributed by atoms with E-state index in [9.17, 15) is 5.26 Å². The summed E-state index contributed by atoms with van der Waals surface area (Å²) in [5.41, 5.74) is 5.11. The lowest BCUT2D eigenvalue weighted by Gasteiger charge is -2.09. The molecule has 0 aliphatic carbocycles. The van der Waals surface area contributed by atoms with Gasteiger partial charge in [0.1, 0.15) is 6.07 Å². The Hall–Kier alpha value is -2.38. The van der Waals surface area contributed by atoms with Gasteiger partial charge in [-0.25, -0.2) is 0 Å². The number of aromatic amines is 1. The summed E-state index contributed by atoms with van der Waals surface area (Å²) >= 11 is 1.58. The normalized spacial score (nSPS) is 10.6. The highest BCUT2D eigenvalue weighted by atomic mass is 32.2. The van der Waals surface area contributed by atoms with E-state index in [0.29, 0.717) is 5.56 Å². The second-order valence-electron chi connectivity index (χ2n) is 5.20. The molecule has 0 bridgehead atoms. The van der Waals surface area contributed by atoms with E-state index in [4.69, 9.17) is 0 Å². The van der Waals surface area contributed by atoms with E-state index in [1.807, 2.05) is 19.1 Å². The highest BCUT2D eigenvalue weighted by Gasteiger charge is 2.10. The Morgan fingerprint density at radius 3 is 2.64 bits per heavy atom. The van der Waals surface area contributed by atoms with E-state index < -0.39 is 0 Å². The Balaban J connectivity index is 1.86. The van der Waals surface area contributed by atoms with Crippen LogP contribution in [0.4, 0.5) is 5.69 Å². The highest BCUT2D eigenvalue weighted by molar-refractivity contribution is 8.00. The summed E-state index contributed by atoms with van der Waals surface area (Å²) in [6, 6.07) is 14.9. The van der Waals surface area contributed by atoms with Crippen molar-refractivity contribution in [2.24, 2.45) is 0 Å². The van der Waals surface area contributed by atoms with Crippen molar-refractivity contribution in [3.8, 4) is 6.07 Å². The van der Waals surface area contributed by atoms with E-state index in [1.165, 1.54) is 5.56 Å². The molecule has 0 saturated carbocycles. The molecule has 0 aliphatic rings. The number of nitriles is 1. The molecule has 0 atom stereocenters. The van der Waals surface area contributed by atoms with Gasteiger partial charge in [0.2, 0.25) is 0 Å². The highest BCUT2D eigenvalue weighted by Crippen LogP contribution is 2.31. The molecule has 3 rings (SSSR count). The van der Waals surface area contributed by atoms with Crippen molar-refractivity contribution < 1.29 is 0 Å². The number of benzene rings is 2. The van der Waals surface area contributed by atoms with Crippen molar-refractivity contribution in [2.45, 2.75) is 25.2 Å². The summed E-state index contributed by atoms with van der Waals surface area (Å²) in [6.45, 7) is 4.18. The van der Waals surface area contributed by atoms with Crippen molar-refractivity contribution >= 4 is 28.5 Å². The quantitative estimate of drug-likeness (QED) is 0.665. The number of anilines is 1. The van der Waals surface area contributed by atoms with Crippen LogP contribution in [-0.2, 0) is 6.42 Å². The minimum atomic E-state index is 0.688. The maximum Gasteiger partial charge on any atom is 0.101 e. The van der Waals surface area contributed by atoms with Crippen LogP contribution < -0.4 is 4.72 Å². The predicted molar refractivity (Wildman–Crippen MR) is 93.1 cm³/mol. The van der Waals surface area contributed by atoms with Gasteiger partial charge in [-0.05, 0) is 54.6 Å². The van der Waals surface area contributed by atoms with Crippen LogP contribution in [0.2, 0.25) is 0 Å². The molecule has 0 amide bonds. The van der Waals surface area contributed by atoms with Crippen LogP contribution >= 0.6 is 11.9 Å². The fourth-order valence-corrected chi connectivity index (χ4v) is 3.17. The van der Waals surface area contributed by atoms with Crippen LogP contribution in [0.1, 0.15) is 23.6 Å². The number of hydrogen-bond acceptors (Lipinski definition) is 3. The number of rotatable bonds is 4. The van der Waals surface area contributed by atoms with Gasteiger partial charge in [0, 0.05) is 16.5 Å². The number of hydrogen-bond donors (Lipinski definition) is 2. The summed E-state index contributed by atoms with van der Waals surface area (Å²) in [7, 11) is 0. The summed E-state index contributed by atoms with van der Waals surface area (Å²) in [6.07, 6.45) is 2.82. The van der Waals surface area contributed by atoms with Crippen LogP contribution in [0.5, 0.6) is 0 Å². The third-order valence-corrected chi connectivity index (χ3v) is 4.60. The number of nitrogens with one attached hydrogen (secondary N) is 2. The van der Waals surface area contributed by atoms with Crippen molar-refractivity contribution in [2.75, 3.05) is 4.72 Å². The predicted octanol–water partition coefficient (Wildman–Crippen LogP) is 5.03. The smallest absolute Gasteiger partial charge is 0.101 e. The van der Waals surface area contributed by atoms with E-state index in [2.05, 4.69) is 47.0 Å². The summed E-state index contributed by atoms with van der Waals surface area (Å²) in [4.78, 5) is 4.37. The standard InChI is InChI=1S/C18H17N3S/c1-3-13-5-7-15(8-6-13)22-21-16-9-4-12(2)17-14(10-19)11-20-18(16)17/h4-9,11,20-21H,3H2,1-2H3. The molecule has 2 N–H and O–H groups in total. The Labute approximate surface area is 134 Å². The third kappa shape index (κ3) is 2.68. The van der Waals surface area contributed by atoms with Gasteiger partial charge in [-0.1, -0.05) is 25.1 Å². The molecule has 22 heavy (non-hydrogen) atoms. The zero-order chi connectivity index (χ0) is 15.5. The van der Waals surface area contributed by atoms with Gasteiger partial charge in [0.15, 0.2) is 0 Å². The molecule has 0 radical (unpaired) electrons. The zero-order valence-corrected chi connectivity index (χ0v) is 13.4. The maximum absolute atomic E-state index is 9.20. The molecule has 0 aliphatic heterocycles. The molecule has 0 unspecified atom stereocenters. The molecule has 1 heterocycles. The van der Waals surface area contributed by atoms with Crippen LogP contribution in [-0.4, -0.2) is 4.98 Å². The van der Waals surface area contributed by atoms with Gasteiger partial charge in [-0.3, -0.25) is 0 Å². The SMILES string of the molecule is CCc1ccc(SNc2ccc(C)c3c(C#N)c[nH]c23)cc1. The van der Waals surface area contributed by atoms with Gasteiger partial charge < -0.3 is 9.71 Å². The fourth-order valence-electron chi connectivity index (χ4n) is 2.50. The molecule has 3 aromatic rings. The molecule has 3 nitrogen and oxygen atoms in total. The lowest BCUT2D eigenvalue weighted by Crippen LogP contribution is -1.90. The van der Waals surface area contributed by atoms with Crippen LogP contribution in [0.25, 0.3) is 10.9 Å². The van der Waals surface area contributed by atoms with E-state index in [-0.39, 0.29) is 0 Å². The first-order chi connectivity index (χ1) is 10.7. The first-order valence-corrected chi connectivity index (χ1v) is 8.07. The summed E-state index contributed by atoms with van der Waals surface area (Å²) in [5.74, 6) is 0. The monoisotopic (exact) mass is 307 g/mol. The topological polar surface area (TPSA) is 51.6 Å². The van der Waals surface area contributed by atoms with Crippen LogP contribution in [0, 0.1) is 18.3 Å². The second-order valence-corrected chi connectivity index (χ2v) is 6.08.